The molecular formula is C16H20N2O3S. The number of carbonyl (C=O) groups excluding carboxylic acids is 1. The van der Waals surface area contributed by atoms with Gasteiger partial charge in [-0.05, 0) is 32.3 Å². The summed E-state index contributed by atoms with van der Waals surface area (Å²) < 4.78 is 5.06. The number of fused-ring (bicyclic) bond motifs is 1. The number of thiophene rings is 1. The van der Waals surface area contributed by atoms with Gasteiger partial charge in [0.25, 0.3) is 5.56 Å². The lowest BCUT2D eigenvalue weighted by Gasteiger charge is -2.20. The van der Waals surface area contributed by atoms with Crippen LogP contribution < -0.4 is 5.56 Å². The number of nitrogens with one attached hydrogen (secondary N) is 1. The van der Waals surface area contributed by atoms with Gasteiger partial charge in [0, 0.05) is 5.92 Å². The minimum Gasteiger partial charge on any atom is -0.462 e. The lowest BCUT2D eigenvalue weighted by atomic mass is 9.89. The van der Waals surface area contributed by atoms with E-state index in [0.29, 0.717) is 28.4 Å². The number of esters is 1. The highest BCUT2D eigenvalue weighted by Gasteiger charge is 2.23. The SMILES string of the molecule is CCOC(=O)c1sc2[nH]c(C3CCCCC3)nc(=O)c2c1C. The number of aryl methyl sites for hydroxylation is 1. The van der Waals surface area contributed by atoms with Crippen molar-refractivity contribution in [3.63, 3.8) is 0 Å². The maximum absolute atomic E-state index is 12.4. The van der Waals surface area contributed by atoms with Crippen molar-refractivity contribution < 1.29 is 9.53 Å². The van der Waals surface area contributed by atoms with Gasteiger partial charge in [0.1, 0.15) is 15.5 Å². The molecule has 1 fully saturated rings. The van der Waals surface area contributed by atoms with Crippen LogP contribution in [0, 0.1) is 6.92 Å². The number of rotatable bonds is 3. The van der Waals surface area contributed by atoms with Crippen LogP contribution in [0.2, 0.25) is 0 Å². The molecule has 2 aromatic heterocycles. The first-order valence-electron chi connectivity index (χ1n) is 7.82. The van der Waals surface area contributed by atoms with E-state index in [9.17, 15) is 9.59 Å². The van der Waals surface area contributed by atoms with E-state index in [1.165, 1.54) is 30.6 Å². The second kappa shape index (κ2) is 6.20. The van der Waals surface area contributed by atoms with Gasteiger partial charge in [-0.2, -0.15) is 4.98 Å². The Morgan fingerprint density at radius 2 is 2.09 bits per heavy atom. The molecule has 22 heavy (non-hydrogen) atoms. The third-order valence-electron chi connectivity index (χ3n) is 4.28. The molecule has 2 heterocycles. The summed E-state index contributed by atoms with van der Waals surface area (Å²) in [5, 5.41) is 0.521. The molecule has 0 spiro atoms. The zero-order valence-corrected chi connectivity index (χ0v) is 13.7. The molecule has 1 aliphatic carbocycles. The molecule has 2 aromatic rings. The maximum Gasteiger partial charge on any atom is 0.348 e. The third kappa shape index (κ3) is 2.67. The largest absolute Gasteiger partial charge is 0.462 e. The molecule has 1 N–H and O–H groups in total. The molecule has 1 saturated carbocycles. The number of aromatic amines is 1. The number of aromatic nitrogens is 2. The highest BCUT2D eigenvalue weighted by molar-refractivity contribution is 7.20. The minimum atomic E-state index is -0.367. The van der Waals surface area contributed by atoms with E-state index in [1.807, 2.05) is 0 Å². The normalized spacial score (nSPS) is 16.1. The van der Waals surface area contributed by atoms with Gasteiger partial charge < -0.3 is 9.72 Å². The molecule has 0 saturated heterocycles. The zero-order valence-electron chi connectivity index (χ0n) is 12.9. The van der Waals surface area contributed by atoms with Crippen molar-refractivity contribution in [3.05, 3.63) is 26.6 Å². The van der Waals surface area contributed by atoms with E-state index >= 15 is 0 Å². The van der Waals surface area contributed by atoms with Crippen molar-refractivity contribution in [2.24, 2.45) is 0 Å². The van der Waals surface area contributed by atoms with Gasteiger partial charge in [0.05, 0.1) is 12.0 Å². The molecule has 5 nitrogen and oxygen atoms in total. The van der Waals surface area contributed by atoms with Crippen LogP contribution in [0.15, 0.2) is 4.79 Å². The van der Waals surface area contributed by atoms with Crippen molar-refractivity contribution in [2.45, 2.75) is 51.9 Å². The van der Waals surface area contributed by atoms with Gasteiger partial charge >= 0.3 is 5.97 Å². The van der Waals surface area contributed by atoms with Crippen molar-refractivity contribution >= 4 is 27.5 Å². The molecule has 0 aliphatic heterocycles. The Morgan fingerprint density at radius 3 is 2.77 bits per heavy atom. The third-order valence-corrected chi connectivity index (χ3v) is 5.46. The Bertz CT molecular complexity index is 757. The first kappa shape index (κ1) is 15.2. The van der Waals surface area contributed by atoms with Gasteiger partial charge in [-0.3, -0.25) is 4.79 Å². The maximum atomic E-state index is 12.4. The van der Waals surface area contributed by atoms with E-state index in [-0.39, 0.29) is 11.5 Å². The summed E-state index contributed by atoms with van der Waals surface area (Å²) >= 11 is 1.29. The number of H-pyrrole nitrogens is 1. The monoisotopic (exact) mass is 320 g/mol. The Morgan fingerprint density at radius 1 is 1.36 bits per heavy atom. The topological polar surface area (TPSA) is 72.1 Å². The Labute approximate surface area is 132 Å². The standard InChI is InChI=1S/C16H20N2O3S/c1-3-21-16(20)12-9(2)11-14(19)17-13(18-15(11)22-12)10-7-5-4-6-8-10/h10H,3-8H2,1-2H3,(H,17,18,19). The van der Waals surface area contributed by atoms with Crippen molar-refractivity contribution in [1.29, 1.82) is 0 Å². The summed E-state index contributed by atoms with van der Waals surface area (Å²) in [5.74, 6) is 0.737. The molecule has 118 valence electrons. The van der Waals surface area contributed by atoms with Crippen LogP contribution in [0.3, 0.4) is 0 Å². The van der Waals surface area contributed by atoms with E-state index in [0.717, 1.165) is 23.5 Å². The summed E-state index contributed by atoms with van der Waals surface area (Å²) in [6.07, 6.45) is 5.77. The average Bonchev–Trinajstić information content (AvgIpc) is 2.86. The molecule has 0 atom stereocenters. The fraction of sp³-hybridized carbons (Fsp3) is 0.562. The molecule has 3 rings (SSSR count). The minimum absolute atomic E-state index is 0.237. The Balaban J connectivity index is 2.06. The van der Waals surface area contributed by atoms with Gasteiger partial charge in [0.15, 0.2) is 0 Å². The number of hydrogen-bond donors (Lipinski definition) is 1. The summed E-state index contributed by atoms with van der Waals surface area (Å²) in [6.45, 7) is 3.88. The van der Waals surface area contributed by atoms with Crippen LogP contribution >= 0.6 is 11.3 Å². The van der Waals surface area contributed by atoms with Gasteiger partial charge in [-0.15, -0.1) is 11.3 Å². The fourth-order valence-electron chi connectivity index (χ4n) is 3.13. The second-order valence-corrected chi connectivity index (χ2v) is 6.76. The molecule has 6 heteroatoms. The summed E-state index contributed by atoms with van der Waals surface area (Å²) in [4.78, 5) is 33.1. The van der Waals surface area contributed by atoms with Crippen LogP contribution in [0.5, 0.6) is 0 Å². The van der Waals surface area contributed by atoms with Crippen LogP contribution in [0.1, 0.15) is 66.0 Å². The van der Waals surface area contributed by atoms with Gasteiger partial charge in [-0.1, -0.05) is 19.3 Å². The first-order valence-corrected chi connectivity index (χ1v) is 8.64. The van der Waals surface area contributed by atoms with E-state index in [1.54, 1.807) is 13.8 Å². The molecule has 0 bridgehead atoms. The first-order chi connectivity index (χ1) is 10.6. The number of carbonyl (C=O) groups is 1. The number of nitrogens with zero attached hydrogens (tertiary/aromatic N) is 1. The van der Waals surface area contributed by atoms with Crippen LogP contribution in [-0.4, -0.2) is 22.5 Å². The predicted molar refractivity (Wildman–Crippen MR) is 86.8 cm³/mol. The van der Waals surface area contributed by atoms with E-state index in [4.69, 9.17) is 4.74 Å². The van der Waals surface area contributed by atoms with Crippen molar-refractivity contribution in [2.75, 3.05) is 6.61 Å². The van der Waals surface area contributed by atoms with Gasteiger partial charge in [-0.25, -0.2) is 4.79 Å². The summed E-state index contributed by atoms with van der Waals surface area (Å²) in [6, 6.07) is 0. The second-order valence-electron chi connectivity index (χ2n) is 5.74. The highest BCUT2D eigenvalue weighted by atomic mass is 32.1. The zero-order chi connectivity index (χ0) is 15.7. The molecule has 1 aliphatic rings. The molecular weight excluding hydrogens is 300 g/mol. The Kier molecular flexibility index (Phi) is 4.29. The van der Waals surface area contributed by atoms with E-state index in [2.05, 4.69) is 9.97 Å². The molecule has 0 unspecified atom stereocenters. The smallest absolute Gasteiger partial charge is 0.348 e. The lowest BCUT2D eigenvalue weighted by Crippen LogP contribution is -2.16. The molecule has 0 amide bonds. The van der Waals surface area contributed by atoms with E-state index < -0.39 is 0 Å². The summed E-state index contributed by atoms with van der Waals surface area (Å²) in [7, 11) is 0. The van der Waals surface area contributed by atoms with Crippen LogP contribution in [0.25, 0.3) is 10.2 Å². The molecule has 0 aromatic carbocycles. The van der Waals surface area contributed by atoms with Crippen molar-refractivity contribution in [1.82, 2.24) is 9.97 Å². The fourth-order valence-corrected chi connectivity index (χ4v) is 4.23. The Hall–Kier alpha value is -1.69. The summed E-state index contributed by atoms with van der Waals surface area (Å²) in [5.41, 5.74) is 0.431. The van der Waals surface area contributed by atoms with Crippen molar-refractivity contribution in [3.8, 4) is 0 Å². The average molecular weight is 320 g/mol. The number of ether oxygens (including phenoxy) is 1. The van der Waals surface area contributed by atoms with Gasteiger partial charge in [0.2, 0.25) is 0 Å². The van der Waals surface area contributed by atoms with Crippen LogP contribution in [-0.2, 0) is 4.74 Å². The number of hydrogen-bond acceptors (Lipinski definition) is 5. The quantitative estimate of drug-likeness (QED) is 0.878. The van der Waals surface area contributed by atoms with Crippen LogP contribution in [0.4, 0.5) is 0 Å². The molecule has 0 radical (unpaired) electrons. The predicted octanol–water partition coefficient (Wildman–Crippen LogP) is 3.52. The highest BCUT2D eigenvalue weighted by Crippen LogP contribution is 2.33. The lowest BCUT2D eigenvalue weighted by molar-refractivity contribution is 0.0531.